The Morgan fingerprint density at radius 3 is 2.61 bits per heavy atom. The first-order chi connectivity index (χ1) is 14.9. The fraction of sp³-hybridized carbons (Fsp3) is 0.280. The van der Waals surface area contributed by atoms with Crippen LogP contribution in [0, 0.1) is 13.8 Å². The SMILES string of the molecule is Cc1ccc(CC(=O)Nc2sc3c(c2C(N)=O)CCN(Cc2ccccc2)C3)c(C)c1. The summed E-state index contributed by atoms with van der Waals surface area (Å²) >= 11 is 1.48. The maximum Gasteiger partial charge on any atom is 0.251 e. The van der Waals surface area contributed by atoms with Crippen molar-refractivity contribution in [2.45, 2.75) is 39.8 Å². The number of nitrogens with two attached hydrogens (primary N) is 1. The van der Waals surface area contributed by atoms with Crippen LogP contribution in [0.25, 0.3) is 0 Å². The van der Waals surface area contributed by atoms with Gasteiger partial charge in [0.15, 0.2) is 0 Å². The third-order valence-corrected chi connectivity index (χ3v) is 6.87. The van der Waals surface area contributed by atoms with Crippen LogP contribution in [0.1, 0.15) is 43.1 Å². The Kier molecular flexibility index (Phi) is 6.20. The number of primary amides is 1. The molecule has 6 heteroatoms. The number of hydrogen-bond donors (Lipinski definition) is 2. The van der Waals surface area contributed by atoms with Gasteiger partial charge in [-0.2, -0.15) is 0 Å². The molecule has 0 aliphatic carbocycles. The number of amides is 2. The molecule has 2 aromatic carbocycles. The minimum atomic E-state index is -0.476. The molecule has 2 amide bonds. The van der Waals surface area contributed by atoms with Crippen LogP contribution in [-0.2, 0) is 30.7 Å². The highest BCUT2D eigenvalue weighted by molar-refractivity contribution is 7.17. The molecule has 2 heterocycles. The van der Waals surface area contributed by atoms with Gasteiger partial charge in [0, 0.05) is 24.5 Å². The number of nitrogens with one attached hydrogen (secondary N) is 1. The van der Waals surface area contributed by atoms with E-state index in [0.717, 1.165) is 47.6 Å². The zero-order chi connectivity index (χ0) is 22.0. The number of rotatable bonds is 6. The Morgan fingerprint density at radius 2 is 1.90 bits per heavy atom. The summed E-state index contributed by atoms with van der Waals surface area (Å²) in [6, 6.07) is 16.4. The highest BCUT2D eigenvalue weighted by Crippen LogP contribution is 2.37. The number of thiophene rings is 1. The van der Waals surface area contributed by atoms with Crippen LogP contribution in [0.15, 0.2) is 48.5 Å². The van der Waals surface area contributed by atoms with E-state index < -0.39 is 5.91 Å². The topological polar surface area (TPSA) is 75.4 Å². The molecular formula is C25H27N3O2S. The van der Waals surface area contributed by atoms with Crippen molar-refractivity contribution in [2.75, 3.05) is 11.9 Å². The molecular weight excluding hydrogens is 406 g/mol. The van der Waals surface area contributed by atoms with Crippen molar-refractivity contribution in [3.8, 4) is 0 Å². The van der Waals surface area contributed by atoms with Gasteiger partial charge in [-0.15, -0.1) is 11.3 Å². The van der Waals surface area contributed by atoms with Crippen LogP contribution in [0.2, 0.25) is 0 Å². The summed E-state index contributed by atoms with van der Waals surface area (Å²) in [5, 5.41) is 3.54. The van der Waals surface area contributed by atoms with E-state index in [1.54, 1.807) is 0 Å². The number of hydrogen-bond acceptors (Lipinski definition) is 4. The maximum absolute atomic E-state index is 12.7. The Hall–Kier alpha value is -2.96. The predicted molar refractivity (Wildman–Crippen MR) is 125 cm³/mol. The number of carbonyl (C=O) groups excluding carboxylic acids is 2. The number of aryl methyl sites for hydroxylation is 2. The van der Waals surface area contributed by atoms with E-state index in [1.807, 2.05) is 44.2 Å². The lowest BCUT2D eigenvalue weighted by molar-refractivity contribution is -0.115. The lowest BCUT2D eigenvalue weighted by Crippen LogP contribution is -2.30. The van der Waals surface area contributed by atoms with E-state index in [1.165, 1.54) is 22.5 Å². The molecule has 0 bridgehead atoms. The van der Waals surface area contributed by atoms with Crippen LogP contribution in [0.4, 0.5) is 5.00 Å². The minimum absolute atomic E-state index is 0.130. The van der Waals surface area contributed by atoms with Crippen LogP contribution >= 0.6 is 11.3 Å². The average molecular weight is 434 g/mol. The van der Waals surface area contributed by atoms with Gasteiger partial charge in [-0.05, 0) is 42.5 Å². The molecule has 1 aliphatic heterocycles. The standard InChI is InChI=1S/C25H27N3O2S/c1-16-8-9-19(17(2)12-16)13-22(29)27-25-23(24(26)30)20-10-11-28(15-21(20)31-25)14-18-6-4-3-5-7-18/h3-9,12H,10-11,13-15H2,1-2H3,(H2,26,30)(H,27,29). The van der Waals surface area contributed by atoms with E-state index in [9.17, 15) is 9.59 Å². The van der Waals surface area contributed by atoms with Crippen LogP contribution in [0.3, 0.4) is 0 Å². The van der Waals surface area contributed by atoms with Gasteiger partial charge in [0.05, 0.1) is 12.0 Å². The van der Waals surface area contributed by atoms with Crippen molar-refractivity contribution >= 4 is 28.2 Å². The van der Waals surface area contributed by atoms with Crippen molar-refractivity contribution in [2.24, 2.45) is 5.73 Å². The summed E-state index contributed by atoms with van der Waals surface area (Å²) in [5.74, 6) is -0.606. The Morgan fingerprint density at radius 1 is 1.13 bits per heavy atom. The van der Waals surface area contributed by atoms with Gasteiger partial charge in [-0.1, -0.05) is 54.1 Å². The van der Waals surface area contributed by atoms with Gasteiger partial charge >= 0.3 is 0 Å². The maximum atomic E-state index is 12.7. The molecule has 31 heavy (non-hydrogen) atoms. The average Bonchev–Trinajstić information content (AvgIpc) is 3.08. The highest BCUT2D eigenvalue weighted by Gasteiger charge is 2.27. The second-order valence-electron chi connectivity index (χ2n) is 8.17. The monoisotopic (exact) mass is 433 g/mol. The normalized spacial score (nSPS) is 13.6. The summed E-state index contributed by atoms with van der Waals surface area (Å²) in [5.41, 5.74) is 11.7. The van der Waals surface area contributed by atoms with E-state index in [4.69, 9.17) is 5.73 Å². The zero-order valence-corrected chi connectivity index (χ0v) is 18.7. The fourth-order valence-electron chi connectivity index (χ4n) is 4.17. The van der Waals surface area contributed by atoms with Crippen LogP contribution in [0.5, 0.6) is 0 Å². The molecule has 0 unspecified atom stereocenters. The molecule has 0 saturated carbocycles. The summed E-state index contributed by atoms with van der Waals surface area (Å²) in [6.45, 7) is 6.51. The Balaban J connectivity index is 1.51. The van der Waals surface area contributed by atoms with Gasteiger partial charge in [0.1, 0.15) is 5.00 Å². The Bertz CT molecular complexity index is 1120. The van der Waals surface area contributed by atoms with Crippen LogP contribution in [-0.4, -0.2) is 23.3 Å². The highest BCUT2D eigenvalue weighted by atomic mass is 32.1. The molecule has 0 saturated heterocycles. The quantitative estimate of drug-likeness (QED) is 0.612. The van der Waals surface area contributed by atoms with Gasteiger partial charge in [0.25, 0.3) is 5.91 Å². The predicted octanol–water partition coefficient (Wildman–Crippen LogP) is 4.20. The smallest absolute Gasteiger partial charge is 0.251 e. The zero-order valence-electron chi connectivity index (χ0n) is 17.9. The van der Waals surface area contributed by atoms with E-state index in [0.29, 0.717) is 10.6 Å². The summed E-state index contributed by atoms with van der Waals surface area (Å²) in [7, 11) is 0. The number of anilines is 1. The first kappa shape index (κ1) is 21.3. The van der Waals surface area contributed by atoms with Crippen LogP contribution < -0.4 is 11.1 Å². The van der Waals surface area contributed by atoms with Crippen molar-refractivity contribution in [1.82, 2.24) is 4.90 Å². The molecule has 4 rings (SSSR count). The summed E-state index contributed by atoms with van der Waals surface area (Å²) in [6.07, 6.45) is 1.02. The molecule has 160 valence electrons. The van der Waals surface area contributed by atoms with Gasteiger partial charge in [0.2, 0.25) is 5.91 Å². The molecule has 0 spiro atoms. The Labute approximate surface area is 186 Å². The summed E-state index contributed by atoms with van der Waals surface area (Å²) < 4.78 is 0. The van der Waals surface area contributed by atoms with Crippen molar-refractivity contribution < 1.29 is 9.59 Å². The number of carbonyl (C=O) groups is 2. The fourth-order valence-corrected chi connectivity index (χ4v) is 5.48. The van der Waals surface area contributed by atoms with E-state index in [-0.39, 0.29) is 12.3 Å². The number of fused-ring (bicyclic) bond motifs is 1. The second-order valence-corrected chi connectivity index (χ2v) is 9.28. The van der Waals surface area contributed by atoms with E-state index in [2.05, 4.69) is 28.4 Å². The lowest BCUT2D eigenvalue weighted by Gasteiger charge is -2.27. The van der Waals surface area contributed by atoms with Crippen molar-refractivity contribution in [1.29, 1.82) is 0 Å². The molecule has 0 fully saturated rings. The molecule has 3 N–H and O–H groups in total. The molecule has 1 aromatic heterocycles. The first-order valence-electron chi connectivity index (χ1n) is 10.5. The largest absolute Gasteiger partial charge is 0.365 e. The molecule has 3 aromatic rings. The third-order valence-electron chi connectivity index (χ3n) is 5.73. The first-order valence-corrected chi connectivity index (χ1v) is 11.3. The minimum Gasteiger partial charge on any atom is -0.365 e. The van der Waals surface area contributed by atoms with E-state index >= 15 is 0 Å². The molecule has 0 atom stereocenters. The number of benzene rings is 2. The van der Waals surface area contributed by atoms with Crippen molar-refractivity contribution in [3.63, 3.8) is 0 Å². The van der Waals surface area contributed by atoms with Crippen molar-refractivity contribution in [3.05, 3.63) is 86.8 Å². The second kappa shape index (κ2) is 9.04. The van der Waals surface area contributed by atoms with Gasteiger partial charge in [-0.25, -0.2) is 0 Å². The number of nitrogens with zero attached hydrogens (tertiary/aromatic N) is 1. The molecule has 5 nitrogen and oxygen atoms in total. The molecule has 1 aliphatic rings. The van der Waals surface area contributed by atoms with Gasteiger partial charge < -0.3 is 11.1 Å². The lowest BCUT2D eigenvalue weighted by atomic mass is 10.0. The summed E-state index contributed by atoms with van der Waals surface area (Å²) in [4.78, 5) is 28.4. The third kappa shape index (κ3) is 4.86. The van der Waals surface area contributed by atoms with Gasteiger partial charge in [-0.3, -0.25) is 14.5 Å². The molecule has 0 radical (unpaired) electrons.